The lowest BCUT2D eigenvalue weighted by Gasteiger charge is -2.26. The van der Waals surface area contributed by atoms with Crippen LogP contribution in [-0.2, 0) is 20.7 Å². The highest BCUT2D eigenvalue weighted by Gasteiger charge is 2.28. The Morgan fingerprint density at radius 2 is 1.82 bits per heavy atom. The van der Waals surface area contributed by atoms with E-state index in [1.165, 1.54) is 0 Å². The minimum atomic E-state index is -0.742. The summed E-state index contributed by atoms with van der Waals surface area (Å²) in [6, 6.07) is 11.5. The predicted octanol–water partition coefficient (Wildman–Crippen LogP) is 2.89. The lowest BCUT2D eigenvalue weighted by molar-refractivity contribution is -0.157. The number of hydrogen-bond donors (Lipinski definition) is 5. The molecule has 0 bridgehead atoms. The maximum Gasteiger partial charge on any atom is 0.323 e. The van der Waals surface area contributed by atoms with Crippen LogP contribution < -0.4 is 27.1 Å². The summed E-state index contributed by atoms with van der Waals surface area (Å²) >= 11 is 12.4. The number of carbonyl (C=O) groups is 2. The second kappa shape index (κ2) is 11.1. The first-order valence-electron chi connectivity index (χ1n) is 10.7. The van der Waals surface area contributed by atoms with Crippen molar-refractivity contribution < 1.29 is 14.3 Å². The molecule has 2 aromatic rings. The van der Waals surface area contributed by atoms with Crippen molar-refractivity contribution in [2.24, 2.45) is 5.10 Å². The largest absolute Gasteiger partial charge is 0.459 e. The minimum Gasteiger partial charge on any atom is -0.459 e. The van der Waals surface area contributed by atoms with Gasteiger partial charge in [-0.1, -0.05) is 47.5 Å². The average Bonchev–Trinajstić information content (AvgIpc) is 3.27. The molecule has 0 saturated heterocycles. The topological polar surface area (TPSA) is 116 Å². The van der Waals surface area contributed by atoms with Crippen LogP contribution in [0.2, 0.25) is 10.0 Å². The third-order valence-electron chi connectivity index (χ3n) is 4.81. The van der Waals surface area contributed by atoms with Crippen molar-refractivity contribution in [2.75, 3.05) is 0 Å². The molecule has 34 heavy (non-hydrogen) atoms. The Hall–Kier alpha value is -2.85. The number of amides is 1. The zero-order valence-corrected chi connectivity index (χ0v) is 20.8. The van der Waals surface area contributed by atoms with Crippen molar-refractivity contribution in [1.82, 2.24) is 27.1 Å². The fourth-order valence-electron chi connectivity index (χ4n) is 3.22. The summed E-state index contributed by atoms with van der Waals surface area (Å²) in [7, 11) is 0. The van der Waals surface area contributed by atoms with Crippen LogP contribution in [0.5, 0.6) is 0 Å². The number of hydrazone groups is 1. The van der Waals surface area contributed by atoms with Gasteiger partial charge in [0.25, 0.3) is 0 Å². The summed E-state index contributed by atoms with van der Waals surface area (Å²) in [5.41, 5.74) is 9.65. The van der Waals surface area contributed by atoms with Gasteiger partial charge in [0.2, 0.25) is 11.9 Å². The summed E-state index contributed by atoms with van der Waals surface area (Å²) in [6.07, 6.45) is 0.316. The third kappa shape index (κ3) is 7.33. The Morgan fingerprint density at radius 3 is 2.44 bits per heavy atom. The number of hydrazine groups is 2. The first-order chi connectivity index (χ1) is 16.0. The van der Waals surface area contributed by atoms with Gasteiger partial charge in [-0.15, -0.1) is 10.6 Å². The Bertz CT molecular complexity index is 1070. The van der Waals surface area contributed by atoms with E-state index in [1.54, 1.807) is 45.9 Å². The number of ether oxygens (including phenoxy) is 1. The molecule has 9 nitrogen and oxygen atoms in total. The van der Waals surface area contributed by atoms with Gasteiger partial charge >= 0.3 is 5.97 Å². The van der Waals surface area contributed by atoms with E-state index in [2.05, 4.69) is 32.2 Å². The quantitative estimate of drug-likeness (QED) is 0.366. The molecule has 1 unspecified atom stereocenters. The molecular weight excluding hydrogens is 479 g/mol. The fourth-order valence-corrected chi connectivity index (χ4v) is 3.62. The Morgan fingerprint density at radius 1 is 1.12 bits per heavy atom. The van der Waals surface area contributed by atoms with Crippen LogP contribution in [0.25, 0.3) is 11.1 Å². The van der Waals surface area contributed by atoms with E-state index >= 15 is 0 Å². The van der Waals surface area contributed by atoms with Gasteiger partial charge in [-0.2, -0.15) is 0 Å². The third-order valence-corrected chi connectivity index (χ3v) is 5.37. The van der Waals surface area contributed by atoms with Crippen molar-refractivity contribution in [1.29, 1.82) is 0 Å². The summed E-state index contributed by atoms with van der Waals surface area (Å²) in [5.74, 6) is -0.599. The standard InChI is InChI=1S/C23H28Cl2N6O3/c1-13(21(33)34-23(2,3)4)26-19(20(32)27-22-28-30-31-29-22)11-14-5-7-15(8-6-14)17-12-16(24)9-10-18(17)25/h5-10,12-13,19,26,30-31H,11H2,1-4H3,(H2,27,28,29,32)/t13-,19?/m0/s1. The van der Waals surface area contributed by atoms with Gasteiger partial charge in [-0.25, -0.2) is 5.53 Å². The lowest BCUT2D eigenvalue weighted by atomic mass is 10.00. The number of rotatable bonds is 7. The van der Waals surface area contributed by atoms with Gasteiger partial charge in [0.1, 0.15) is 11.6 Å². The molecule has 0 saturated carbocycles. The summed E-state index contributed by atoms with van der Waals surface area (Å²) in [4.78, 5) is 25.5. The number of hydrogen-bond acceptors (Lipinski definition) is 8. The van der Waals surface area contributed by atoms with Crippen LogP contribution in [-0.4, -0.2) is 35.5 Å². The molecule has 0 radical (unpaired) electrons. The van der Waals surface area contributed by atoms with Crippen LogP contribution in [0.3, 0.4) is 0 Å². The fraction of sp³-hybridized carbons (Fsp3) is 0.348. The van der Waals surface area contributed by atoms with Gasteiger partial charge in [0.15, 0.2) is 0 Å². The highest BCUT2D eigenvalue weighted by atomic mass is 35.5. The molecule has 2 atom stereocenters. The number of benzene rings is 2. The number of nitrogens with one attached hydrogen (secondary N) is 5. The SMILES string of the molecule is C[C@H](NC(Cc1ccc(-c2cc(Cl)ccc2Cl)cc1)C(=O)NC1=NNNN1)C(=O)OC(C)(C)C. The van der Waals surface area contributed by atoms with Crippen LogP contribution in [0.1, 0.15) is 33.3 Å². The van der Waals surface area contributed by atoms with Crippen molar-refractivity contribution in [2.45, 2.75) is 51.8 Å². The number of esters is 1. The molecule has 5 N–H and O–H groups in total. The number of halogens is 2. The average molecular weight is 507 g/mol. The van der Waals surface area contributed by atoms with Crippen LogP contribution in [0, 0.1) is 0 Å². The summed E-state index contributed by atoms with van der Waals surface area (Å²) in [5, 5.41) is 10.8. The Labute approximate surface area is 208 Å². The zero-order valence-electron chi connectivity index (χ0n) is 19.3. The van der Waals surface area contributed by atoms with Crippen LogP contribution in [0.15, 0.2) is 47.6 Å². The molecule has 1 aliphatic rings. The molecule has 0 aromatic heterocycles. The van der Waals surface area contributed by atoms with Crippen molar-refractivity contribution >= 4 is 41.0 Å². The normalized spacial score (nSPS) is 14.9. The summed E-state index contributed by atoms with van der Waals surface area (Å²) in [6.45, 7) is 7.03. The number of guanidine groups is 1. The summed E-state index contributed by atoms with van der Waals surface area (Å²) < 4.78 is 5.44. The molecule has 0 spiro atoms. The highest BCUT2D eigenvalue weighted by molar-refractivity contribution is 6.35. The molecule has 0 aliphatic carbocycles. The molecule has 11 heteroatoms. The van der Waals surface area contributed by atoms with Gasteiger partial charge in [-0.05, 0) is 63.4 Å². The van der Waals surface area contributed by atoms with Gasteiger partial charge < -0.3 is 4.74 Å². The predicted molar refractivity (Wildman–Crippen MR) is 133 cm³/mol. The van der Waals surface area contributed by atoms with Crippen molar-refractivity contribution in [3.63, 3.8) is 0 Å². The van der Waals surface area contributed by atoms with E-state index in [0.29, 0.717) is 16.5 Å². The zero-order chi connectivity index (χ0) is 24.9. The number of nitrogens with zero attached hydrogens (tertiary/aromatic N) is 1. The molecule has 1 heterocycles. The van der Waals surface area contributed by atoms with E-state index < -0.39 is 23.7 Å². The smallest absolute Gasteiger partial charge is 0.323 e. The molecular formula is C23H28Cl2N6O3. The van der Waals surface area contributed by atoms with Crippen molar-refractivity contribution in [3.05, 3.63) is 58.1 Å². The van der Waals surface area contributed by atoms with E-state index in [4.69, 9.17) is 27.9 Å². The highest BCUT2D eigenvalue weighted by Crippen LogP contribution is 2.30. The van der Waals surface area contributed by atoms with E-state index in [-0.39, 0.29) is 11.9 Å². The van der Waals surface area contributed by atoms with Crippen LogP contribution in [0.4, 0.5) is 0 Å². The van der Waals surface area contributed by atoms with Crippen molar-refractivity contribution in [3.8, 4) is 11.1 Å². The first-order valence-corrected chi connectivity index (χ1v) is 11.5. The van der Waals surface area contributed by atoms with E-state index in [9.17, 15) is 9.59 Å². The molecule has 0 fully saturated rings. The molecule has 1 amide bonds. The van der Waals surface area contributed by atoms with E-state index in [1.807, 2.05) is 24.3 Å². The molecule has 2 aromatic carbocycles. The first kappa shape index (κ1) is 25.8. The number of carbonyl (C=O) groups excluding carboxylic acids is 2. The van der Waals surface area contributed by atoms with Gasteiger partial charge in [0, 0.05) is 15.6 Å². The van der Waals surface area contributed by atoms with Gasteiger partial charge in [-0.3, -0.25) is 25.6 Å². The molecule has 182 valence electrons. The molecule has 1 aliphatic heterocycles. The Kier molecular flexibility index (Phi) is 8.37. The van der Waals surface area contributed by atoms with Gasteiger partial charge in [0.05, 0.1) is 6.04 Å². The van der Waals surface area contributed by atoms with E-state index in [0.717, 1.165) is 16.7 Å². The lowest BCUT2D eigenvalue weighted by Crippen LogP contribution is -2.55. The maximum atomic E-state index is 13.0. The van der Waals surface area contributed by atoms with Crippen LogP contribution >= 0.6 is 23.2 Å². The second-order valence-corrected chi connectivity index (χ2v) is 9.65. The second-order valence-electron chi connectivity index (χ2n) is 8.81. The minimum absolute atomic E-state index is 0.215. The maximum absolute atomic E-state index is 13.0. The Balaban J connectivity index is 1.76. The monoisotopic (exact) mass is 506 g/mol. The molecule has 3 rings (SSSR count).